The molecule has 2 aromatic rings. The number of likely N-dealkylation sites (tertiary alicyclic amines) is 1. The van der Waals surface area contributed by atoms with Crippen molar-refractivity contribution in [2.75, 3.05) is 24.6 Å². The summed E-state index contributed by atoms with van der Waals surface area (Å²) in [4.78, 5) is 19.2. The highest BCUT2D eigenvalue weighted by Gasteiger charge is 2.32. The van der Waals surface area contributed by atoms with Gasteiger partial charge in [0.25, 0.3) is 0 Å². The second-order valence-corrected chi connectivity index (χ2v) is 9.84. The van der Waals surface area contributed by atoms with Gasteiger partial charge in [0.1, 0.15) is 0 Å². The Balaban J connectivity index is 1.44. The van der Waals surface area contributed by atoms with Crippen molar-refractivity contribution in [3.63, 3.8) is 0 Å². The van der Waals surface area contributed by atoms with Crippen LogP contribution in [-0.4, -0.2) is 48.8 Å². The summed E-state index contributed by atoms with van der Waals surface area (Å²) >= 11 is 0. The van der Waals surface area contributed by atoms with E-state index >= 15 is 0 Å². The van der Waals surface area contributed by atoms with Crippen molar-refractivity contribution < 1.29 is 13.2 Å². The Hall–Kier alpha value is -1.95. The number of rotatable bonds is 3. The van der Waals surface area contributed by atoms with Crippen LogP contribution in [0.3, 0.4) is 0 Å². The van der Waals surface area contributed by atoms with Crippen LogP contribution in [0.25, 0.3) is 10.8 Å². The van der Waals surface area contributed by atoms with Crippen LogP contribution < -0.4 is 0 Å². The van der Waals surface area contributed by atoms with Gasteiger partial charge in [-0.15, -0.1) is 0 Å². The molecule has 2 saturated heterocycles. The number of piperidine rings is 1. The predicted octanol–water partition coefficient (Wildman–Crippen LogP) is 2.77. The highest BCUT2D eigenvalue weighted by molar-refractivity contribution is 7.91. The van der Waals surface area contributed by atoms with Gasteiger partial charge in [0.05, 0.1) is 11.5 Å². The summed E-state index contributed by atoms with van der Waals surface area (Å²) in [5.74, 6) is 0.741. The molecule has 5 nitrogen and oxygen atoms in total. The van der Waals surface area contributed by atoms with Gasteiger partial charge in [-0.1, -0.05) is 24.3 Å². The molecule has 138 valence electrons. The monoisotopic (exact) mass is 372 g/mol. The number of pyridine rings is 1. The van der Waals surface area contributed by atoms with E-state index in [1.807, 2.05) is 23.2 Å². The van der Waals surface area contributed by atoms with Crippen molar-refractivity contribution in [2.45, 2.75) is 31.6 Å². The maximum Gasteiger partial charge on any atom is 0.222 e. The van der Waals surface area contributed by atoms with E-state index in [9.17, 15) is 13.2 Å². The quantitative estimate of drug-likeness (QED) is 0.831. The van der Waals surface area contributed by atoms with Crippen LogP contribution in [0.15, 0.2) is 36.5 Å². The molecule has 2 aliphatic rings. The summed E-state index contributed by atoms with van der Waals surface area (Å²) in [6.45, 7) is 1.45. The summed E-state index contributed by atoms with van der Waals surface area (Å²) in [5, 5.41) is 2.31. The first-order chi connectivity index (χ1) is 12.5. The number of hydrogen-bond acceptors (Lipinski definition) is 4. The van der Waals surface area contributed by atoms with E-state index < -0.39 is 9.84 Å². The van der Waals surface area contributed by atoms with E-state index in [1.54, 1.807) is 0 Å². The Morgan fingerprint density at radius 1 is 1.19 bits per heavy atom. The van der Waals surface area contributed by atoms with Crippen LogP contribution in [0.2, 0.25) is 0 Å². The van der Waals surface area contributed by atoms with Crippen LogP contribution in [0.5, 0.6) is 0 Å². The Morgan fingerprint density at radius 2 is 2.00 bits per heavy atom. The number of hydrogen-bond donors (Lipinski definition) is 0. The van der Waals surface area contributed by atoms with Crippen molar-refractivity contribution in [3.05, 3.63) is 42.2 Å². The van der Waals surface area contributed by atoms with Gasteiger partial charge in [-0.25, -0.2) is 8.42 Å². The van der Waals surface area contributed by atoms with Gasteiger partial charge >= 0.3 is 0 Å². The lowest BCUT2D eigenvalue weighted by Crippen LogP contribution is -2.40. The Bertz CT molecular complexity index is 926. The van der Waals surface area contributed by atoms with Gasteiger partial charge < -0.3 is 4.90 Å². The normalized spacial score (nSPS) is 25.5. The number of amides is 1. The molecule has 6 heteroatoms. The molecular formula is C20H24N2O3S. The largest absolute Gasteiger partial charge is 0.342 e. The van der Waals surface area contributed by atoms with Gasteiger partial charge in [0.2, 0.25) is 5.91 Å². The summed E-state index contributed by atoms with van der Waals surface area (Å²) in [5.41, 5.74) is 1.05. The van der Waals surface area contributed by atoms with E-state index in [0.717, 1.165) is 30.5 Å². The molecule has 2 fully saturated rings. The van der Waals surface area contributed by atoms with Crippen molar-refractivity contribution in [2.24, 2.45) is 5.92 Å². The van der Waals surface area contributed by atoms with Gasteiger partial charge in [0.15, 0.2) is 9.84 Å². The highest BCUT2D eigenvalue weighted by Crippen LogP contribution is 2.29. The number of sulfone groups is 1. The maximum absolute atomic E-state index is 12.7. The predicted molar refractivity (Wildman–Crippen MR) is 102 cm³/mol. The average molecular weight is 372 g/mol. The maximum atomic E-state index is 12.7. The summed E-state index contributed by atoms with van der Waals surface area (Å²) < 4.78 is 23.2. The molecule has 0 bridgehead atoms. The van der Waals surface area contributed by atoms with Crippen LogP contribution in [0, 0.1) is 5.92 Å². The fraction of sp³-hybridized carbons (Fsp3) is 0.500. The molecule has 3 heterocycles. The summed E-state index contributed by atoms with van der Waals surface area (Å²) in [6, 6.07) is 10.3. The lowest BCUT2D eigenvalue weighted by molar-refractivity contribution is -0.133. The van der Waals surface area contributed by atoms with E-state index in [2.05, 4.69) is 23.2 Å². The minimum atomic E-state index is -2.93. The Labute approximate surface area is 154 Å². The van der Waals surface area contributed by atoms with Crippen LogP contribution in [0.1, 0.15) is 37.3 Å². The standard InChI is InChI=1S/C20H24N2O3S/c23-20(10-15-7-9-26(24,25)14-15)22-8-3-6-18(13-22)19-11-16-4-1-2-5-17(16)12-21-19/h1-2,4-5,11-12,15,18H,3,6-10,13-14H2/t15-,18+/m1/s1. The second kappa shape index (κ2) is 6.99. The number of aromatic nitrogens is 1. The van der Waals surface area contributed by atoms with E-state index in [0.29, 0.717) is 19.4 Å². The molecule has 1 aromatic carbocycles. The third-order valence-corrected chi connectivity index (χ3v) is 7.47. The first-order valence-corrected chi connectivity index (χ1v) is 11.2. The van der Waals surface area contributed by atoms with Crippen LogP contribution >= 0.6 is 0 Å². The van der Waals surface area contributed by atoms with Gasteiger partial charge in [-0.2, -0.15) is 0 Å². The van der Waals surface area contributed by atoms with Gasteiger partial charge in [-0.05, 0) is 36.6 Å². The molecule has 0 saturated carbocycles. The first-order valence-electron chi connectivity index (χ1n) is 9.33. The number of carbonyl (C=O) groups excluding carboxylic acids is 1. The minimum Gasteiger partial charge on any atom is -0.342 e. The average Bonchev–Trinajstić information content (AvgIpc) is 2.99. The highest BCUT2D eigenvalue weighted by atomic mass is 32.2. The zero-order valence-corrected chi connectivity index (χ0v) is 15.6. The molecule has 1 aromatic heterocycles. The number of benzene rings is 1. The fourth-order valence-corrected chi connectivity index (χ4v) is 6.04. The Kier molecular flexibility index (Phi) is 4.69. The Morgan fingerprint density at radius 3 is 2.77 bits per heavy atom. The second-order valence-electron chi connectivity index (χ2n) is 7.61. The number of nitrogens with zero attached hydrogens (tertiary/aromatic N) is 2. The summed E-state index contributed by atoms with van der Waals surface area (Å²) in [7, 11) is -2.93. The van der Waals surface area contributed by atoms with E-state index in [4.69, 9.17) is 0 Å². The third-order valence-electron chi connectivity index (χ3n) is 5.63. The fourth-order valence-electron chi connectivity index (χ4n) is 4.18. The van der Waals surface area contributed by atoms with Crippen molar-refractivity contribution in [1.29, 1.82) is 0 Å². The first kappa shape index (κ1) is 17.5. The zero-order chi connectivity index (χ0) is 18.1. The van der Waals surface area contributed by atoms with Crippen LogP contribution in [0.4, 0.5) is 0 Å². The van der Waals surface area contributed by atoms with Crippen molar-refractivity contribution in [3.8, 4) is 0 Å². The lowest BCUT2D eigenvalue weighted by Gasteiger charge is -2.33. The van der Waals surface area contributed by atoms with E-state index in [1.165, 1.54) is 5.39 Å². The van der Waals surface area contributed by atoms with Crippen molar-refractivity contribution in [1.82, 2.24) is 9.88 Å². The van der Waals surface area contributed by atoms with E-state index in [-0.39, 0.29) is 29.2 Å². The molecule has 0 radical (unpaired) electrons. The zero-order valence-electron chi connectivity index (χ0n) is 14.8. The molecule has 2 atom stereocenters. The molecule has 4 rings (SSSR count). The molecule has 0 spiro atoms. The SMILES string of the molecule is O=C(C[C@H]1CCS(=O)(=O)C1)N1CCC[C@H](c2cc3ccccc3cn2)C1. The van der Waals surface area contributed by atoms with Crippen LogP contribution in [-0.2, 0) is 14.6 Å². The third kappa shape index (κ3) is 3.75. The molecule has 26 heavy (non-hydrogen) atoms. The smallest absolute Gasteiger partial charge is 0.222 e. The summed E-state index contributed by atoms with van der Waals surface area (Å²) in [6.07, 6.45) is 4.89. The van der Waals surface area contributed by atoms with Gasteiger partial charge in [0, 0.05) is 42.7 Å². The minimum absolute atomic E-state index is 0.00771. The number of carbonyl (C=O) groups is 1. The molecule has 1 amide bonds. The molecular weight excluding hydrogens is 348 g/mol. The lowest BCUT2D eigenvalue weighted by atomic mass is 9.92. The van der Waals surface area contributed by atoms with Gasteiger partial charge in [-0.3, -0.25) is 9.78 Å². The molecule has 0 N–H and O–H groups in total. The molecule has 0 unspecified atom stereocenters. The van der Waals surface area contributed by atoms with Crippen molar-refractivity contribution >= 4 is 26.5 Å². The number of fused-ring (bicyclic) bond motifs is 1. The molecule has 0 aliphatic carbocycles. The topological polar surface area (TPSA) is 67.3 Å². The molecule has 2 aliphatic heterocycles.